The second-order valence-corrected chi connectivity index (χ2v) is 4.97. The number of aryl methyl sites for hydroxylation is 2. The number of hydrogen-bond acceptors (Lipinski definition) is 1. The Bertz CT molecular complexity index is 356. The molecule has 0 aliphatic rings. The Labute approximate surface area is 104 Å². The van der Waals surface area contributed by atoms with E-state index in [9.17, 15) is 9.50 Å². The zero-order valence-corrected chi connectivity index (χ0v) is 11.3. The molecular formula is C15H23FO. The van der Waals surface area contributed by atoms with Gasteiger partial charge in [0.1, 0.15) is 5.82 Å². The van der Waals surface area contributed by atoms with E-state index in [1.54, 1.807) is 0 Å². The number of aliphatic hydroxyl groups is 1. The maximum atomic E-state index is 14.1. The van der Waals surface area contributed by atoms with Gasteiger partial charge in [-0.25, -0.2) is 4.39 Å². The minimum atomic E-state index is -1.01. The lowest BCUT2D eigenvalue weighted by molar-refractivity contribution is 0.0130. The van der Waals surface area contributed by atoms with Gasteiger partial charge in [0.15, 0.2) is 0 Å². The molecule has 96 valence electrons. The molecule has 0 spiro atoms. The van der Waals surface area contributed by atoms with Gasteiger partial charge in [-0.3, -0.25) is 0 Å². The Morgan fingerprint density at radius 3 is 2.06 bits per heavy atom. The molecule has 1 rings (SSSR count). The minimum Gasteiger partial charge on any atom is -0.385 e. The van der Waals surface area contributed by atoms with Crippen LogP contribution < -0.4 is 0 Å². The Kier molecular flexibility index (Phi) is 4.70. The summed E-state index contributed by atoms with van der Waals surface area (Å²) >= 11 is 0. The van der Waals surface area contributed by atoms with Crippen LogP contribution in [-0.2, 0) is 5.60 Å². The predicted octanol–water partition coefficient (Wildman–Crippen LogP) is 4.23. The van der Waals surface area contributed by atoms with E-state index < -0.39 is 5.60 Å². The van der Waals surface area contributed by atoms with Gasteiger partial charge in [0.25, 0.3) is 0 Å². The smallest absolute Gasteiger partial charge is 0.129 e. The zero-order valence-electron chi connectivity index (χ0n) is 11.3. The number of benzene rings is 1. The van der Waals surface area contributed by atoms with Crippen LogP contribution in [-0.4, -0.2) is 5.11 Å². The maximum absolute atomic E-state index is 14.1. The third-order valence-electron chi connectivity index (χ3n) is 3.22. The summed E-state index contributed by atoms with van der Waals surface area (Å²) in [6.07, 6.45) is 2.93. The first-order valence-electron chi connectivity index (χ1n) is 6.44. The van der Waals surface area contributed by atoms with E-state index in [0.29, 0.717) is 18.4 Å². The molecule has 0 unspecified atom stereocenters. The van der Waals surface area contributed by atoms with E-state index in [1.807, 2.05) is 33.8 Å². The molecule has 0 saturated heterocycles. The van der Waals surface area contributed by atoms with Gasteiger partial charge in [0.05, 0.1) is 5.60 Å². The predicted molar refractivity (Wildman–Crippen MR) is 69.6 cm³/mol. The van der Waals surface area contributed by atoms with Crippen LogP contribution in [0.1, 0.15) is 56.2 Å². The van der Waals surface area contributed by atoms with Crippen molar-refractivity contribution in [3.05, 3.63) is 34.6 Å². The van der Waals surface area contributed by atoms with E-state index in [4.69, 9.17) is 0 Å². The number of rotatable bonds is 5. The standard InChI is InChI=1S/C15H23FO/c1-5-7-15(17,8-6-2)14-12(4)9-11(3)10-13(14)16/h9-10,17H,5-8H2,1-4H3. The van der Waals surface area contributed by atoms with Gasteiger partial charge < -0.3 is 5.11 Å². The van der Waals surface area contributed by atoms with E-state index in [2.05, 4.69) is 0 Å². The molecular weight excluding hydrogens is 215 g/mol. The third-order valence-corrected chi connectivity index (χ3v) is 3.22. The summed E-state index contributed by atoms with van der Waals surface area (Å²) in [5.41, 5.74) is 1.24. The highest BCUT2D eigenvalue weighted by atomic mass is 19.1. The third kappa shape index (κ3) is 3.06. The van der Waals surface area contributed by atoms with Crippen molar-refractivity contribution in [1.29, 1.82) is 0 Å². The van der Waals surface area contributed by atoms with Crippen molar-refractivity contribution >= 4 is 0 Å². The van der Waals surface area contributed by atoms with Crippen LogP contribution in [0.25, 0.3) is 0 Å². The van der Waals surface area contributed by atoms with Gasteiger partial charge in [0, 0.05) is 5.56 Å². The highest BCUT2D eigenvalue weighted by Gasteiger charge is 2.31. The first-order chi connectivity index (χ1) is 7.94. The first-order valence-corrected chi connectivity index (χ1v) is 6.44. The van der Waals surface area contributed by atoms with Crippen molar-refractivity contribution in [3.8, 4) is 0 Å². The largest absolute Gasteiger partial charge is 0.385 e. The molecule has 0 bridgehead atoms. The van der Waals surface area contributed by atoms with Crippen LogP contribution in [0.4, 0.5) is 4.39 Å². The highest BCUT2D eigenvalue weighted by molar-refractivity contribution is 5.36. The molecule has 1 nitrogen and oxygen atoms in total. The molecule has 2 heteroatoms. The second-order valence-electron chi connectivity index (χ2n) is 4.97. The highest BCUT2D eigenvalue weighted by Crippen LogP contribution is 2.35. The Morgan fingerprint density at radius 2 is 1.65 bits per heavy atom. The van der Waals surface area contributed by atoms with Gasteiger partial charge in [-0.15, -0.1) is 0 Å². The summed E-state index contributed by atoms with van der Waals surface area (Å²) in [4.78, 5) is 0. The molecule has 0 amide bonds. The quantitative estimate of drug-likeness (QED) is 0.814. The Balaban J connectivity index is 3.27. The molecule has 1 aromatic carbocycles. The SMILES string of the molecule is CCCC(O)(CCC)c1c(C)cc(C)cc1F. The molecule has 17 heavy (non-hydrogen) atoms. The summed E-state index contributed by atoms with van der Waals surface area (Å²) in [7, 11) is 0. The molecule has 0 atom stereocenters. The van der Waals surface area contributed by atoms with Crippen molar-refractivity contribution in [1.82, 2.24) is 0 Å². The van der Waals surface area contributed by atoms with Crippen LogP contribution in [0.3, 0.4) is 0 Å². The summed E-state index contributed by atoms with van der Waals surface area (Å²) < 4.78 is 14.1. The summed E-state index contributed by atoms with van der Waals surface area (Å²) in [5.74, 6) is -0.271. The first kappa shape index (κ1) is 14.2. The fourth-order valence-corrected chi connectivity index (χ4v) is 2.71. The van der Waals surface area contributed by atoms with Crippen LogP contribution in [0.15, 0.2) is 12.1 Å². The molecule has 1 aromatic rings. The molecule has 0 aliphatic heterocycles. The van der Waals surface area contributed by atoms with Crippen LogP contribution in [0.5, 0.6) is 0 Å². The van der Waals surface area contributed by atoms with Gasteiger partial charge in [-0.1, -0.05) is 32.8 Å². The van der Waals surface area contributed by atoms with Crippen molar-refractivity contribution in [2.75, 3.05) is 0 Å². The van der Waals surface area contributed by atoms with Crippen LogP contribution in [0, 0.1) is 19.7 Å². The van der Waals surface area contributed by atoms with E-state index in [-0.39, 0.29) is 5.82 Å². The van der Waals surface area contributed by atoms with E-state index in [1.165, 1.54) is 6.07 Å². The molecule has 1 N–H and O–H groups in total. The maximum Gasteiger partial charge on any atom is 0.129 e. The average Bonchev–Trinajstić information content (AvgIpc) is 2.15. The zero-order chi connectivity index (χ0) is 13.1. The van der Waals surface area contributed by atoms with Crippen molar-refractivity contribution in [2.45, 2.75) is 59.0 Å². The summed E-state index contributed by atoms with van der Waals surface area (Å²) in [6, 6.07) is 3.45. The number of hydrogen-bond donors (Lipinski definition) is 1. The lowest BCUT2D eigenvalue weighted by Crippen LogP contribution is -2.28. The van der Waals surface area contributed by atoms with Gasteiger partial charge in [-0.2, -0.15) is 0 Å². The molecule has 0 aromatic heterocycles. The van der Waals surface area contributed by atoms with Crippen LogP contribution in [0.2, 0.25) is 0 Å². The average molecular weight is 238 g/mol. The number of halogens is 1. The van der Waals surface area contributed by atoms with Gasteiger partial charge >= 0.3 is 0 Å². The molecule has 0 saturated carbocycles. The molecule has 0 heterocycles. The monoisotopic (exact) mass is 238 g/mol. The van der Waals surface area contributed by atoms with E-state index in [0.717, 1.165) is 24.0 Å². The summed E-state index contributed by atoms with van der Waals surface area (Å²) in [6.45, 7) is 7.78. The van der Waals surface area contributed by atoms with Crippen molar-refractivity contribution < 1.29 is 9.50 Å². The van der Waals surface area contributed by atoms with Gasteiger partial charge in [-0.05, 0) is 43.9 Å². The second kappa shape index (κ2) is 5.63. The minimum absolute atomic E-state index is 0.271. The van der Waals surface area contributed by atoms with E-state index >= 15 is 0 Å². The lowest BCUT2D eigenvalue weighted by atomic mass is 9.82. The molecule has 0 aliphatic carbocycles. The molecule has 0 radical (unpaired) electrons. The van der Waals surface area contributed by atoms with Crippen molar-refractivity contribution in [3.63, 3.8) is 0 Å². The Hall–Kier alpha value is -0.890. The lowest BCUT2D eigenvalue weighted by Gasteiger charge is -2.30. The summed E-state index contributed by atoms with van der Waals surface area (Å²) in [5, 5.41) is 10.7. The van der Waals surface area contributed by atoms with Gasteiger partial charge in [0.2, 0.25) is 0 Å². The molecule has 0 fully saturated rings. The van der Waals surface area contributed by atoms with Crippen LogP contribution >= 0.6 is 0 Å². The topological polar surface area (TPSA) is 20.2 Å². The van der Waals surface area contributed by atoms with Crippen molar-refractivity contribution in [2.24, 2.45) is 0 Å². The Morgan fingerprint density at radius 1 is 1.12 bits per heavy atom. The fraction of sp³-hybridized carbons (Fsp3) is 0.600. The fourth-order valence-electron chi connectivity index (χ4n) is 2.71. The normalized spacial score (nSPS) is 11.9.